The second-order valence-electron chi connectivity index (χ2n) is 6.93. The zero-order chi connectivity index (χ0) is 21.0. The predicted octanol–water partition coefficient (Wildman–Crippen LogP) is 3.36. The van der Waals surface area contributed by atoms with Crippen LogP contribution in [0.5, 0.6) is 0 Å². The van der Waals surface area contributed by atoms with Crippen molar-refractivity contribution in [1.82, 2.24) is 19.7 Å². The Hall–Kier alpha value is -3.29. The molecule has 0 aliphatic rings. The van der Waals surface area contributed by atoms with Gasteiger partial charge >= 0.3 is 5.97 Å². The fourth-order valence-corrected chi connectivity index (χ4v) is 2.96. The highest BCUT2D eigenvalue weighted by Crippen LogP contribution is 2.17. The number of hydrogen-bond acceptors (Lipinski definition) is 5. The van der Waals surface area contributed by atoms with Crippen molar-refractivity contribution in [2.75, 3.05) is 13.2 Å². The van der Waals surface area contributed by atoms with E-state index in [0.717, 1.165) is 5.39 Å². The number of amides is 1. The monoisotopic (exact) mass is 398 g/mol. The fourth-order valence-electron chi connectivity index (χ4n) is 2.96. The molecule has 0 atom stereocenters. The molecular formula is C21H23FN4O3. The lowest BCUT2D eigenvalue weighted by molar-refractivity contribution is -0.134. The van der Waals surface area contributed by atoms with Gasteiger partial charge in [0, 0.05) is 30.7 Å². The average molecular weight is 398 g/mol. The summed E-state index contributed by atoms with van der Waals surface area (Å²) in [6.45, 7) is 6.05. The first-order chi connectivity index (χ1) is 13.9. The maximum absolute atomic E-state index is 13.3. The molecule has 152 valence electrons. The molecule has 0 unspecified atom stereocenters. The number of halogens is 1. The van der Waals surface area contributed by atoms with Crippen molar-refractivity contribution in [2.45, 2.75) is 33.4 Å². The van der Waals surface area contributed by atoms with Gasteiger partial charge in [-0.25, -0.2) is 18.9 Å². The van der Waals surface area contributed by atoms with Crippen molar-refractivity contribution >= 4 is 22.9 Å². The molecule has 29 heavy (non-hydrogen) atoms. The van der Waals surface area contributed by atoms with Gasteiger partial charge in [-0.05, 0) is 44.5 Å². The van der Waals surface area contributed by atoms with E-state index in [-0.39, 0.29) is 29.9 Å². The van der Waals surface area contributed by atoms with Gasteiger partial charge in [0.15, 0.2) is 12.3 Å². The van der Waals surface area contributed by atoms with Crippen LogP contribution in [-0.4, -0.2) is 44.7 Å². The van der Waals surface area contributed by atoms with Gasteiger partial charge in [0.1, 0.15) is 5.82 Å². The molecule has 8 heteroatoms. The Labute approximate surface area is 168 Å². The summed E-state index contributed by atoms with van der Waals surface area (Å²) >= 11 is 0. The number of hydrogen-bond donors (Lipinski definition) is 0. The van der Waals surface area contributed by atoms with Crippen LogP contribution in [0, 0.1) is 5.82 Å². The average Bonchev–Trinajstić information content (AvgIpc) is 3.13. The normalized spacial score (nSPS) is 11.1. The lowest BCUT2D eigenvalue weighted by Crippen LogP contribution is -2.34. The molecule has 0 saturated carbocycles. The molecule has 0 radical (unpaired) electrons. The minimum absolute atomic E-state index is 0.147. The molecule has 0 bridgehead atoms. The third kappa shape index (κ3) is 4.77. The lowest BCUT2D eigenvalue weighted by Gasteiger charge is -2.21. The third-order valence-electron chi connectivity index (χ3n) is 4.48. The van der Waals surface area contributed by atoms with Gasteiger partial charge in [0.05, 0.1) is 11.8 Å². The standard InChI is InChI=1S/C21H23FN4O3/c1-4-25(12-15-6-5-7-18(22)8-15)19(27)13-29-21(28)17-9-16-11-24-26(14(2)3)20(16)23-10-17/h5-11,14H,4,12-13H2,1-3H3. The summed E-state index contributed by atoms with van der Waals surface area (Å²) in [6, 6.07) is 7.84. The smallest absolute Gasteiger partial charge is 0.340 e. The zero-order valence-electron chi connectivity index (χ0n) is 16.6. The van der Waals surface area contributed by atoms with E-state index in [1.165, 1.54) is 23.2 Å². The number of likely N-dealkylation sites (N-methyl/N-ethyl adjacent to an activating group) is 1. The van der Waals surface area contributed by atoms with Crippen LogP contribution >= 0.6 is 0 Å². The Balaban J connectivity index is 1.63. The molecule has 2 aromatic heterocycles. The number of aromatic nitrogens is 3. The summed E-state index contributed by atoms with van der Waals surface area (Å²) < 4.78 is 20.3. The molecule has 3 rings (SSSR count). The van der Waals surface area contributed by atoms with Gasteiger partial charge < -0.3 is 9.64 Å². The van der Waals surface area contributed by atoms with Gasteiger partial charge in [0.25, 0.3) is 5.91 Å². The van der Waals surface area contributed by atoms with Gasteiger partial charge in [-0.3, -0.25) is 4.79 Å². The van der Waals surface area contributed by atoms with E-state index in [9.17, 15) is 14.0 Å². The van der Waals surface area contributed by atoms with Crippen molar-refractivity contribution in [1.29, 1.82) is 0 Å². The molecule has 2 heterocycles. The minimum atomic E-state index is -0.633. The van der Waals surface area contributed by atoms with Gasteiger partial charge in [-0.2, -0.15) is 5.10 Å². The summed E-state index contributed by atoms with van der Waals surface area (Å²) in [7, 11) is 0. The van der Waals surface area contributed by atoms with Crippen LogP contribution in [0.25, 0.3) is 11.0 Å². The highest BCUT2D eigenvalue weighted by molar-refractivity contribution is 5.94. The van der Waals surface area contributed by atoms with Crippen LogP contribution < -0.4 is 0 Å². The SMILES string of the molecule is CCN(Cc1cccc(F)c1)C(=O)COC(=O)c1cnc2c(cnn2C(C)C)c1. The number of ether oxygens (including phenoxy) is 1. The van der Waals surface area contributed by atoms with Gasteiger partial charge in [-0.15, -0.1) is 0 Å². The van der Waals surface area contributed by atoms with E-state index >= 15 is 0 Å². The molecule has 0 spiro atoms. The van der Waals surface area contributed by atoms with Crippen molar-refractivity contribution in [3.63, 3.8) is 0 Å². The topological polar surface area (TPSA) is 77.3 Å². The second-order valence-corrected chi connectivity index (χ2v) is 6.93. The molecule has 0 aliphatic carbocycles. The summed E-state index contributed by atoms with van der Waals surface area (Å²) in [6.07, 6.45) is 3.06. The Morgan fingerprint density at radius 2 is 2.03 bits per heavy atom. The number of esters is 1. The van der Waals surface area contributed by atoms with Crippen LogP contribution in [0.15, 0.2) is 42.7 Å². The molecular weight excluding hydrogens is 375 g/mol. The second kappa shape index (κ2) is 8.81. The molecule has 0 saturated heterocycles. The van der Waals surface area contributed by atoms with E-state index in [2.05, 4.69) is 10.1 Å². The number of pyridine rings is 1. The largest absolute Gasteiger partial charge is 0.452 e. The maximum atomic E-state index is 13.3. The van der Waals surface area contributed by atoms with E-state index in [0.29, 0.717) is 17.8 Å². The van der Waals surface area contributed by atoms with E-state index < -0.39 is 12.6 Å². The van der Waals surface area contributed by atoms with Crippen molar-refractivity contribution in [3.05, 3.63) is 59.7 Å². The first kappa shape index (κ1) is 20.4. The zero-order valence-corrected chi connectivity index (χ0v) is 16.6. The third-order valence-corrected chi connectivity index (χ3v) is 4.48. The Kier molecular flexibility index (Phi) is 6.21. The highest BCUT2D eigenvalue weighted by Gasteiger charge is 2.17. The molecule has 0 fully saturated rings. The van der Waals surface area contributed by atoms with Crippen molar-refractivity contribution in [3.8, 4) is 0 Å². The Bertz CT molecular complexity index is 1030. The summed E-state index contributed by atoms with van der Waals surface area (Å²) in [4.78, 5) is 30.5. The number of carbonyl (C=O) groups excluding carboxylic acids is 2. The first-order valence-electron chi connectivity index (χ1n) is 9.41. The number of benzene rings is 1. The van der Waals surface area contributed by atoms with Crippen LogP contribution in [0.2, 0.25) is 0 Å². The van der Waals surface area contributed by atoms with Crippen LogP contribution in [0.3, 0.4) is 0 Å². The molecule has 1 aromatic carbocycles. The molecule has 7 nitrogen and oxygen atoms in total. The summed E-state index contributed by atoms with van der Waals surface area (Å²) in [5, 5.41) is 4.99. The maximum Gasteiger partial charge on any atom is 0.340 e. The van der Waals surface area contributed by atoms with Gasteiger partial charge in [0.2, 0.25) is 0 Å². The van der Waals surface area contributed by atoms with Crippen LogP contribution in [-0.2, 0) is 16.1 Å². The predicted molar refractivity (Wildman–Crippen MR) is 106 cm³/mol. The Morgan fingerprint density at radius 1 is 1.24 bits per heavy atom. The van der Waals surface area contributed by atoms with Crippen LogP contribution in [0.1, 0.15) is 42.7 Å². The van der Waals surface area contributed by atoms with E-state index in [4.69, 9.17) is 4.74 Å². The number of rotatable bonds is 7. The number of fused-ring (bicyclic) bond motifs is 1. The van der Waals surface area contributed by atoms with Crippen molar-refractivity contribution in [2.24, 2.45) is 0 Å². The van der Waals surface area contributed by atoms with E-state index in [1.807, 2.05) is 20.8 Å². The van der Waals surface area contributed by atoms with Crippen molar-refractivity contribution < 1.29 is 18.7 Å². The number of carbonyl (C=O) groups is 2. The molecule has 1 amide bonds. The summed E-state index contributed by atoms with van der Waals surface area (Å²) in [5.41, 5.74) is 1.60. The molecule has 0 aliphatic heterocycles. The number of nitrogens with zero attached hydrogens (tertiary/aromatic N) is 4. The first-order valence-corrected chi connectivity index (χ1v) is 9.41. The fraction of sp³-hybridized carbons (Fsp3) is 0.333. The van der Waals surface area contributed by atoms with Gasteiger partial charge in [-0.1, -0.05) is 12.1 Å². The molecule has 0 N–H and O–H groups in total. The lowest BCUT2D eigenvalue weighted by atomic mass is 10.2. The summed E-state index contributed by atoms with van der Waals surface area (Å²) in [5.74, 6) is -1.35. The minimum Gasteiger partial charge on any atom is -0.452 e. The quantitative estimate of drug-likeness (QED) is 0.571. The molecule has 3 aromatic rings. The van der Waals surface area contributed by atoms with E-state index in [1.54, 1.807) is 29.1 Å². The van der Waals surface area contributed by atoms with Crippen LogP contribution in [0.4, 0.5) is 4.39 Å². The highest BCUT2D eigenvalue weighted by atomic mass is 19.1. The Morgan fingerprint density at radius 3 is 2.72 bits per heavy atom.